The monoisotopic (exact) mass is 493 g/mol. The normalized spacial score (nSPS) is 12.4. The van der Waals surface area contributed by atoms with Gasteiger partial charge in [0, 0.05) is 27.8 Å². The Hall–Kier alpha value is -4.67. The van der Waals surface area contributed by atoms with Crippen LogP contribution in [0.5, 0.6) is 0 Å². The van der Waals surface area contributed by atoms with Crippen LogP contribution in [0.4, 0.5) is 0 Å². The zero-order valence-electron chi connectivity index (χ0n) is 19.6. The van der Waals surface area contributed by atoms with Crippen LogP contribution >= 0.6 is 11.3 Å². The van der Waals surface area contributed by atoms with Crippen LogP contribution in [0.25, 0.3) is 43.0 Å². The SMILES string of the molecule is O=C1c2ccccc2C(=O)c2cc(-c3ccc(-c4nc5ccc(-c6ccccc6)cc5s4)cc3)ccc21. The summed E-state index contributed by atoms with van der Waals surface area (Å²) in [6.45, 7) is 0. The number of aromatic nitrogens is 1. The van der Waals surface area contributed by atoms with Gasteiger partial charge in [-0.05, 0) is 46.5 Å². The number of hydrogen-bond donors (Lipinski definition) is 0. The highest BCUT2D eigenvalue weighted by Gasteiger charge is 2.29. The Morgan fingerprint density at radius 2 is 1.00 bits per heavy atom. The third kappa shape index (κ3) is 3.62. The van der Waals surface area contributed by atoms with Crippen molar-refractivity contribution in [3.8, 4) is 32.8 Å². The standard InChI is InChI=1S/C33H19NO2S/c35-31-25-8-4-5-9-26(25)32(36)28-18-23(14-16-27(28)31)21-10-12-22(13-11-21)33-34-29-17-15-24(19-30(29)37-33)20-6-2-1-3-7-20/h1-19H. The highest BCUT2D eigenvalue weighted by atomic mass is 32.1. The fourth-order valence-electron chi connectivity index (χ4n) is 4.94. The summed E-state index contributed by atoms with van der Waals surface area (Å²) in [5.74, 6) is -0.202. The van der Waals surface area contributed by atoms with Crippen LogP contribution in [0.15, 0.2) is 115 Å². The number of rotatable bonds is 3. The molecule has 37 heavy (non-hydrogen) atoms. The van der Waals surface area contributed by atoms with Gasteiger partial charge in [0.1, 0.15) is 5.01 Å². The molecule has 0 N–H and O–H groups in total. The highest BCUT2D eigenvalue weighted by Crippen LogP contribution is 2.35. The lowest BCUT2D eigenvalue weighted by Crippen LogP contribution is -2.20. The zero-order chi connectivity index (χ0) is 24.9. The molecular formula is C33H19NO2S. The highest BCUT2D eigenvalue weighted by molar-refractivity contribution is 7.21. The molecule has 0 saturated carbocycles. The molecule has 3 nitrogen and oxygen atoms in total. The lowest BCUT2D eigenvalue weighted by Gasteiger charge is -2.18. The van der Waals surface area contributed by atoms with E-state index in [9.17, 15) is 9.59 Å². The van der Waals surface area contributed by atoms with E-state index in [1.165, 1.54) is 11.1 Å². The largest absolute Gasteiger partial charge is 0.289 e. The van der Waals surface area contributed by atoms with Crippen molar-refractivity contribution < 1.29 is 9.59 Å². The smallest absolute Gasteiger partial charge is 0.194 e. The fourth-order valence-corrected chi connectivity index (χ4v) is 5.95. The number of nitrogens with zero attached hydrogens (tertiary/aromatic N) is 1. The second kappa shape index (κ2) is 8.47. The van der Waals surface area contributed by atoms with Crippen molar-refractivity contribution in [1.82, 2.24) is 4.98 Å². The average molecular weight is 494 g/mol. The Balaban J connectivity index is 1.21. The molecule has 7 rings (SSSR count). The number of hydrogen-bond acceptors (Lipinski definition) is 4. The number of thiazole rings is 1. The third-order valence-electron chi connectivity index (χ3n) is 6.89. The Kier molecular flexibility index (Phi) is 4.95. The number of fused-ring (bicyclic) bond motifs is 3. The van der Waals surface area contributed by atoms with Gasteiger partial charge in [-0.15, -0.1) is 11.3 Å². The molecule has 1 aromatic heterocycles. The van der Waals surface area contributed by atoms with E-state index in [1.54, 1.807) is 41.7 Å². The Morgan fingerprint density at radius 1 is 0.459 bits per heavy atom. The van der Waals surface area contributed by atoms with Crippen molar-refractivity contribution in [3.05, 3.63) is 138 Å². The molecule has 174 valence electrons. The first kappa shape index (κ1) is 21.6. The maximum atomic E-state index is 13.1. The number of carbonyl (C=O) groups excluding carboxylic acids is 2. The van der Waals surface area contributed by atoms with Gasteiger partial charge in [0.05, 0.1) is 10.2 Å². The zero-order valence-corrected chi connectivity index (χ0v) is 20.5. The molecule has 0 unspecified atom stereocenters. The molecule has 1 aliphatic carbocycles. The lowest BCUT2D eigenvalue weighted by molar-refractivity contribution is 0.0979. The second-order valence-electron chi connectivity index (χ2n) is 9.11. The molecule has 0 saturated heterocycles. The molecule has 4 heteroatoms. The van der Waals surface area contributed by atoms with E-state index in [-0.39, 0.29) is 11.6 Å². The van der Waals surface area contributed by atoms with Crippen molar-refractivity contribution in [1.29, 1.82) is 0 Å². The van der Waals surface area contributed by atoms with Crippen molar-refractivity contribution >= 4 is 33.1 Å². The number of ketones is 2. The Bertz CT molecular complexity index is 1850. The van der Waals surface area contributed by atoms with E-state index in [2.05, 4.69) is 54.6 Å². The van der Waals surface area contributed by atoms with Gasteiger partial charge >= 0.3 is 0 Å². The van der Waals surface area contributed by atoms with E-state index in [4.69, 9.17) is 4.98 Å². The molecule has 1 aliphatic rings. The van der Waals surface area contributed by atoms with Crippen LogP contribution in [0.2, 0.25) is 0 Å². The summed E-state index contributed by atoms with van der Waals surface area (Å²) in [4.78, 5) is 30.9. The first-order valence-corrected chi connectivity index (χ1v) is 12.9. The van der Waals surface area contributed by atoms with Gasteiger partial charge in [-0.3, -0.25) is 9.59 Å². The Morgan fingerprint density at radius 3 is 1.76 bits per heavy atom. The summed E-state index contributed by atoms with van der Waals surface area (Å²) in [6, 6.07) is 37.5. The molecule has 0 bridgehead atoms. The van der Waals surface area contributed by atoms with E-state index in [0.717, 1.165) is 31.9 Å². The molecule has 6 aromatic rings. The molecule has 0 fully saturated rings. The molecule has 0 aliphatic heterocycles. The molecule has 0 atom stereocenters. The summed E-state index contributed by atoms with van der Waals surface area (Å²) >= 11 is 1.68. The molecule has 1 heterocycles. The van der Waals surface area contributed by atoms with Crippen molar-refractivity contribution in [2.45, 2.75) is 0 Å². The summed E-state index contributed by atoms with van der Waals surface area (Å²) in [5.41, 5.74) is 8.17. The second-order valence-corrected chi connectivity index (χ2v) is 10.1. The minimum absolute atomic E-state index is 0.0987. The quantitative estimate of drug-likeness (QED) is 0.250. The van der Waals surface area contributed by atoms with Gasteiger partial charge in [-0.25, -0.2) is 4.98 Å². The van der Waals surface area contributed by atoms with Crippen LogP contribution in [-0.4, -0.2) is 16.6 Å². The first-order chi connectivity index (χ1) is 18.2. The first-order valence-electron chi connectivity index (χ1n) is 12.0. The molecule has 0 amide bonds. The summed E-state index contributed by atoms with van der Waals surface area (Å²) < 4.78 is 1.15. The summed E-state index contributed by atoms with van der Waals surface area (Å²) in [6.07, 6.45) is 0. The van der Waals surface area contributed by atoms with Gasteiger partial charge in [0.25, 0.3) is 0 Å². The predicted octanol–water partition coefficient (Wildman–Crippen LogP) is 8.07. The van der Waals surface area contributed by atoms with Crippen LogP contribution in [0.3, 0.4) is 0 Å². The number of benzene rings is 5. The topological polar surface area (TPSA) is 47.0 Å². The Labute approximate surface area is 217 Å². The maximum absolute atomic E-state index is 13.1. The number of carbonyl (C=O) groups is 2. The van der Waals surface area contributed by atoms with Gasteiger partial charge in [-0.2, -0.15) is 0 Å². The fraction of sp³-hybridized carbons (Fsp3) is 0. The minimum atomic E-state index is -0.104. The van der Waals surface area contributed by atoms with E-state index in [1.807, 2.05) is 30.3 Å². The van der Waals surface area contributed by atoms with Crippen molar-refractivity contribution in [2.24, 2.45) is 0 Å². The van der Waals surface area contributed by atoms with Crippen molar-refractivity contribution in [2.75, 3.05) is 0 Å². The maximum Gasteiger partial charge on any atom is 0.194 e. The van der Waals surface area contributed by atoms with Crippen LogP contribution < -0.4 is 0 Å². The summed E-state index contributed by atoms with van der Waals surface area (Å²) in [7, 11) is 0. The van der Waals surface area contributed by atoms with Crippen molar-refractivity contribution in [3.63, 3.8) is 0 Å². The average Bonchev–Trinajstić information content (AvgIpc) is 3.40. The lowest BCUT2D eigenvalue weighted by atomic mass is 9.83. The molecule has 0 spiro atoms. The molecule has 0 radical (unpaired) electrons. The van der Waals surface area contributed by atoms with Gasteiger partial charge in [0.2, 0.25) is 0 Å². The van der Waals surface area contributed by atoms with Gasteiger partial charge < -0.3 is 0 Å². The molecular weight excluding hydrogens is 474 g/mol. The van der Waals surface area contributed by atoms with Gasteiger partial charge in [0.15, 0.2) is 11.6 Å². The van der Waals surface area contributed by atoms with Crippen LogP contribution in [0, 0.1) is 0 Å². The van der Waals surface area contributed by atoms with E-state index < -0.39 is 0 Å². The van der Waals surface area contributed by atoms with Crippen LogP contribution in [0.1, 0.15) is 31.8 Å². The molecule has 5 aromatic carbocycles. The van der Waals surface area contributed by atoms with E-state index in [0.29, 0.717) is 22.3 Å². The van der Waals surface area contributed by atoms with Crippen LogP contribution in [-0.2, 0) is 0 Å². The van der Waals surface area contributed by atoms with Gasteiger partial charge in [-0.1, -0.05) is 91.0 Å². The minimum Gasteiger partial charge on any atom is -0.289 e. The summed E-state index contributed by atoms with van der Waals surface area (Å²) in [5, 5.41) is 0.967. The van der Waals surface area contributed by atoms with E-state index >= 15 is 0 Å². The third-order valence-corrected chi connectivity index (χ3v) is 7.95. The predicted molar refractivity (Wildman–Crippen MR) is 149 cm³/mol.